The van der Waals surface area contributed by atoms with Crippen LogP contribution in [-0.4, -0.2) is 64.9 Å². The van der Waals surface area contributed by atoms with Crippen molar-refractivity contribution in [3.05, 3.63) is 16.8 Å². The molecule has 1 aliphatic carbocycles. The Hall–Kier alpha value is -1.22. The van der Waals surface area contributed by atoms with Crippen LogP contribution in [0.2, 0.25) is 0 Å². The summed E-state index contributed by atoms with van der Waals surface area (Å²) >= 11 is 3.33. The summed E-state index contributed by atoms with van der Waals surface area (Å²) in [5, 5.41) is 5.25. The molecule has 1 fully saturated rings. The molecule has 1 atom stereocenters. The van der Waals surface area contributed by atoms with Crippen molar-refractivity contribution in [2.45, 2.75) is 50.6 Å². The molecule has 0 radical (unpaired) electrons. The Bertz CT molecular complexity index is 877. The van der Waals surface area contributed by atoms with Crippen LogP contribution in [0.3, 0.4) is 0 Å². The van der Waals surface area contributed by atoms with Gasteiger partial charge in [-0.25, -0.2) is 9.97 Å². The number of fused-ring (bicyclic) bond motifs is 3. The molecule has 1 aliphatic heterocycles. The topological polar surface area (TPSA) is 67.4 Å². The van der Waals surface area contributed by atoms with Crippen molar-refractivity contribution in [1.82, 2.24) is 20.2 Å². The lowest BCUT2D eigenvalue weighted by atomic mass is 9.89. The van der Waals surface area contributed by atoms with Crippen molar-refractivity contribution in [2.75, 3.05) is 38.6 Å². The third-order valence-corrected chi connectivity index (χ3v) is 8.13. The van der Waals surface area contributed by atoms with Crippen LogP contribution in [0.4, 0.5) is 0 Å². The number of thioether (sulfide) groups is 1. The molecule has 2 aromatic rings. The number of thiophene rings is 1. The number of nitrogens with one attached hydrogen (secondary N) is 1. The Labute approximate surface area is 180 Å². The molecule has 2 aliphatic rings. The van der Waals surface area contributed by atoms with Gasteiger partial charge in [0.1, 0.15) is 16.2 Å². The van der Waals surface area contributed by atoms with E-state index in [1.807, 2.05) is 0 Å². The van der Waals surface area contributed by atoms with Crippen molar-refractivity contribution >= 4 is 39.2 Å². The van der Waals surface area contributed by atoms with Crippen molar-refractivity contribution < 1.29 is 9.53 Å². The van der Waals surface area contributed by atoms with Crippen LogP contribution < -0.4 is 5.32 Å². The maximum atomic E-state index is 12.5. The fraction of sp³-hybridized carbons (Fsp3) is 0.667. The van der Waals surface area contributed by atoms with Crippen LogP contribution in [0.15, 0.2) is 11.4 Å². The van der Waals surface area contributed by atoms with E-state index in [9.17, 15) is 4.79 Å². The number of ether oxygens (including phenoxy) is 1. The second-order valence-corrected chi connectivity index (χ2v) is 10.7. The fourth-order valence-corrected chi connectivity index (χ4v) is 6.41. The third kappa shape index (κ3) is 4.76. The Morgan fingerprint density at radius 2 is 2.17 bits per heavy atom. The number of aryl methyl sites for hydroxylation is 1. The minimum absolute atomic E-state index is 0.0563. The molecule has 3 heterocycles. The zero-order valence-electron chi connectivity index (χ0n) is 17.5. The molecule has 0 saturated carbocycles. The predicted octanol–water partition coefficient (Wildman–Crippen LogP) is 3.14. The van der Waals surface area contributed by atoms with Crippen molar-refractivity contribution in [3.63, 3.8) is 0 Å². The number of carbonyl (C=O) groups excluding carboxylic acids is 1. The number of amides is 1. The monoisotopic (exact) mass is 434 g/mol. The molecule has 1 amide bonds. The highest BCUT2D eigenvalue weighted by molar-refractivity contribution is 8.00. The molecule has 29 heavy (non-hydrogen) atoms. The predicted molar refractivity (Wildman–Crippen MR) is 119 cm³/mol. The summed E-state index contributed by atoms with van der Waals surface area (Å²) in [7, 11) is 0. The number of aromatic nitrogens is 2. The van der Waals surface area contributed by atoms with E-state index in [2.05, 4.69) is 41.0 Å². The van der Waals surface area contributed by atoms with Gasteiger partial charge in [-0.05, 0) is 44.6 Å². The summed E-state index contributed by atoms with van der Waals surface area (Å²) in [4.78, 5) is 26.5. The first kappa shape index (κ1) is 21.0. The van der Waals surface area contributed by atoms with E-state index in [4.69, 9.17) is 4.74 Å². The zero-order valence-corrected chi connectivity index (χ0v) is 19.1. The van der Waals surface area contributed by atoms with Crippen LogP contribution in [0.5, 0.6) is 0 Å². The van der Waals surface area contributed by atoms with E-state index in [-0.39, 0.29) is 11.4 Å². The van der Waals surface area contributed by atoms with Gasteiger partial charge in [0.2, 0.25) is 5.91 Å². The number of hydrogen-bond acceptors (Lipinski definition) is 7. The first-order chi connectivity index (χ1) is 13.9. The molecular weight excluding hydrogens is 404 g/mol. The molecule has 0 bridgehead atoms. The number of nitrogens with zero attached hydrogens (tertiary/aromatic N) is 3. The Balaban J connectivity index is 1.37. The number of morpholine rings is 1. The van der Waals surface area contributed by atoms with Gasteiger partial charge in [-0.15, -0.1) is 11.3 Å². The Morgan fingerprint density at radius 3 is 2.97 bits per heavy atom. The number of rotatable bonds is 6. The lowest BCUT2D eigenvalue weighted by molar-refractivity contribution is -0.119. The molecule has 1 saturated heterocycles. The quantitative estimate of drug-likeness (QED) is 0.557. The van der Waals surface area contributed by atoms with Gasteiger partial charge in [0.15, 0.2) is 0 Å². The zero-order chi connectivity index (χ0) is 20.4. The van der Waals surface area contributed by atoms with Gasteiger partial charge >= 0.3 is 0 Å². The van der Waals surface area contributed by atoms with E-state index < -0.39 is 0 Å². The standard InChI is InChI=1S/C21H30N4O2S2/c1-14-4-5-15-16(10-14)29-20-18(15)19(23-13-24-20)28-11-17(26)22-12-21(2,3)25-6-8-27-9-7-25/h13-14H,4-12H2,1-3H3,(H,22,26)/t14-/m0/s1. The van der Waals surface area contributed by atoms with Gasteiger partial charge in [-0.3, -0.25) is 9.69 Å². The first-order valence-corrected chi connectivity index (χ1v) is 12.2. The molecule has 6 nitrogen and oxygen atoms in total. The van der Waals surface area contributed by atoms with Gasteiger partial charge in [-0.2, -0.15) is 0 Å². The van der Waals surface area contributed by atoms with Crippen LogP contribution in [0.1, 0.15) is 37.6 Å². The molecule has 8 heteroatoms. The molecule has 0 unspecified atom stereocenters. The molecule has 2 aromatic heterocycles. The van der Waals surface area contributed by atoms with Gasteiger partial charge in [0.05, 0.1) is 19.0 Å². The van der Waals surface area contributed by atoms with E-state index in [0.29, 0.717) is 12.3 Å². The maximum absolute atomic E-state index is 12.5. The smallest absolute Gasteiger partial charge is 0.230 e. The summed E-state index contributed by atoms with van der Waals surface area (Å²) in [5.41, 5.74) is 1.34. The van der Waals surface area contributed by atoms with Crippen LogP contribution in [-0.2, 0) is 22.4 Å². The summed E-state index contributed by atoms with van der Waals surface area (Å²) < 4.78 is 5.44. The highest BCUT2D eigenvalue weighted by atomic mass is 32.2. The summed E-state index contributed by atoms with van der Waals surface area (Å²) in [6.07, 6.45) is 5.08. The molecular formula is C21H30N4O2S2. The van der Waals surface area contributed by atoms with Crippen LogP contribution in [0, 0.1) is 5.92 Å². The average Bonchev–Trinajstić information content (AvgIpc) is 3.09. The summed E-state index contributed by atoms with van der Waals surface area (Å²) in [6, 6.07) is 0. The average molecular weight is 435 g/mol. The first-order valence-electron chi connectivity index (χ1n) is 10.4. The molecule has 158 valence electrons. The molecule has 4 rings (SSSR count). The minimum atomic E-state index is -0.0740. The third-order valence-electron chi connectivity index (χ3n) is 5.98. The van der Waals surface area contributed by atoms with Crippen molar-refractivity contribution in [1.29, 1.82) is 0 Å². The van der Waals surface area contributed by atoms with E-state index in [1.54, 1.807) is 17.7 Å². The lowest BCUT2D eigenvalue weighted by Crippen LogP contribution is -2.55. The Morgan fingerprint density at radius 1 is 1.38 bits per heavy atom. The van der Waals surface area contributed by atoms with Gasteiger partial charge in [-0.1, -0.05) is 18.7 Å². The fourth-order valence-electron chi connectivity index (χ4n) is 4.14. The molecule has 1 N–H and O–H groups in total. The summed E-state index contributed by atoms with van der Waals surface area (Å²) in [5.74, 6) is 1.17. The molecule has 0 aromatic carbocycles. The van der Waals surface area contributed by atoms with Crippen LogP contribution in [0.25, 0.3) is 10.2 Å². The van der Waals surface area contributed by atoms with E-state index >= 15 is 0 Å². The lowest BCUT2D eigenvalue weighted by Gasteiger charge is -2.40. The SMILES string of the molecule is C[C@H]1CCc2c(sc3ncnc(SCC(=O)NCC(C)(C)N4CCOCC4)c23)C1. The largest absolute Gasteiger partial charge is 0.379 e. The Kier molecular flexibility index (Phi) is 6.44. The number of hydrogen-bond donors (Lipinski definition) is 1. The second kappa shape index (κ2) is 8.88. The highest BCUT2D eigenvalue weighted by Gasteiger charge is 2.29. The van der Waals surface area contributed by atoms with Crippen LogP contribution >= 0.6 is 23.1 Å². The van der Waals surface area contributed by atoms with Crippen molar-refractivity contribution in [3.8, 4) is 0 Å². The highest BCUT2D eigenvalue weighted by Crippen LogP contribution is 2.40. The minimum Gasteiger partial charge on any atom is -0.379 e. The van der Waals surface area contributed by atoms with Gasteiger partial charge in [0.25, 0.3) is 0 Å². The second-order valence-electron chi connectivity index (χ2n) is 8.69. The van der Waals surface area contributed by atoms with Crippen molar-refractivity contribution in [2.24, 2.45) is 5.92 Å². The van der Waals surface area contributed by atoms with Gasteiger partial charge < -0.3 is 10.1 Å². The number of carbonyl (C=O) groups is 1. The maximum Gasteiger partial charge on any atom is 0.230 e. The van der Waals surface area contributed by atoms with E-state index in [1.165, 1.54) is 34.0 Å². The van der Waals surface area contributed by atoms with Gasteiger partial charge in [0, 0.05) is 35.4 Å². The molecule has 0 spiro atoms. The van der Waals surface area contributed by atoms with E-state index in [0.717, 1.165) is 54.9 Å². The summed E-state index contributed by atoms with van der Waals surface area (Å²) in [6.45, 7) is 10.7. The normalized spacial score (nSPS) is 20.6.